The number of nitrogens with one attached hydrogen (secondary N) is 2. The first kappa shape index (κ1) is 18.9. The lowest BCUT2D eigenvalue weighted by molar-refractivity contribution is 0.252. The van der Waals surface area contributed by atoms with Gasteiger partial charge in [0.15, 0.2) is 5.82 Å². The maximum Gasteiger partial charge on any atom is 0.319 e. The van der Waals surface area contributed by atoms with Gasteiger partial charge in [0, 0.05) is 13.1 Å². The number of carbonyl (C=O) groups excluding carboxylic acids is 1. The summed E-state index contributed by atoms with van der Waals surface area (Å²) in [6.07, 6.45) is 5.09. The highest BCUT2D eigenvalue weighted by atomic mass is 32.2. The van der Waals surface area contributed by atoms with Crippen molar-refractivity contribution in [2.24, 2.45) is 0 Å². The molecule has 150 valence electrons. The Morgan fingerprint density at radius 1 is 1.17 bits per heavy atom. The molecule has 10 nitrogen and oxygen atoms in total. The van der Waals surface area contributed by atoms with E-state index in [9.17, 15) is 13.2 Å². The average molecular weight is 413 g/mol. The van der Waals surface area contributed by atoms with Crippen LogP contribution < -0.4 is 14.9 Å². The second-order valence-electron chi connectivity index (χ2n) is 6.39. The lowest BCUT2D eigenvalue weighted by atomic mass is 10.2. The van der Waals surface area contributed by atoms with E-state index in [1.807, 2.05) is 18.2 Å². The summed E-state index contributed by atoms with van der Waals surface area (Å²) in [6.45, 7) is 0.426. The maximum absolute atomic E-state index is 12.6. The number of nitrogens with zero attached hydrogens (tertiary/aromatic N) is 5. The highest BCUT2D eigenvalue weighted by molar-refractivity contribution is 7.92. The van der Waals surface area contributed by atoms with Gasteiger partial charge in [-0.05, 0) is 30.2 Å². The monoisotopic (exact) mass is 413 g/mol. The Labute approximate surface area is 167 Å². The Morgan fingerprint density at radius 2 is 2.03 bits per heavy atom. The lowest BCUT2D eigenvalue weighted by Crippen LogP contribution is -2.38. The van der Waals surface area contributed by atoms with Gasteiger partial charge in [-0.25, -0.2) is 27.9 Å². The van der Waals surface area contributed by atoms with Crippen LogP contribution >= 0.6 is 0 Å². The summed E-state index contributed by atoms with van der Waals surface area (Å²) >= 11 is 0. The number of hydrogen-bond donors (Lipinski definition) is 2. The van der Waals surface area contributed by atoms with Crippen LogP contribution in [0, 0.1) is 0 Å². The molecule has 0 aliphatic carbocycles. The Morgan fingerprint density at radius 3 is 2.79 bits per heavy atom. The van der Waals surface area contributed by atoms with Gasteiger partial charge < -0.3 is 10.6 Å². The van der Waals surface area contributed by atoms with Crippen LogP contribution in [0.4, 0.5) is 16.2 Å². The number of carbonyl (C=O) groups is 1. The summed E-state index contributed by atoms with van der Waals surface area (Å²) in [5.74, 6) is 0.378. The quantitative estimate of drug-likeness (QED) is 0.626. The smallest absolute Gasteiger partial charge is 0.319 e. The van der Waals surface area contributed by atoms with Crippen molar-refractivity contribution in [2.45, 2.75) is 6.42 Å². The van der Waals surface area contributed by atoms with Crippen molar-refractivity contribution < 1.29 is 13.2 Å². The first-order valence-electron chi connectivity index (χ1n) is 8.97. The minimum atomic E-state index is -3.51. The zero-order valence-corrected chi connectivity index (χ0v) is 16.2. The van der Waals surface area contributed by atoms with E-state index in [-0.39, 0.29) is 12.3 Å². The Hall–Kier alpha value is -3.47. The summed E-state index contributed by atoms with van der Waals surface area (Å²) in [5, 5.41) is 9.16. The number of fused-ring (bicyclic) bond motifs is 1. The van der Waals surface area contributed by atoms with E-state index in [2.05, 4.69) is 25.7 Å². The third-order valence-corrected chi connectivity index (χ3v) is 6.26. The van der Waals surface area contributed by atoms with Crippen molar-refractivity contribution in [3.8, 4) is 5.82 Å². The van der Waals surface area contributed by atoms with Crippen molar-refractivity contribution in [1.82, 2.24) is 25.1 Å². The fourth-order valence-corrected chi connectivity index (χ4v) is 4.53. The van der Waals surface area contributed by atoms with Gasteiger partial charge in [0.2, 0.25) is 10.0 Å². The maximum atomic E-state index is 12.6. The van der Waals surface area contributed by atoms with Crippen molar-refractivity contribution in [1.29, 1.82) is 0 Å². The van der Waals surface area contributed by atoms with Gasteiger partial charge >= 0.3 is 6.03 Å². The molecule has 29 heavy (non-hydrogen) atoms. The van der Waals surface area contributed by atoms with Gasteiger partial charge in [0.25, 0.3) is 0 Å². The molecule has 1 aliphatic rings. The molecule has 0 saturated heterocycles. The predicted molar refractivity (Wildman–Crippen MR) is 107 cm³/mol. The first-order valence-corrected chi connectivity index (χ1v) is 10.6. The molecule has 0 atom stereocenters. The fourth-order valence-electron chi connectivity index (χ4n) is 3.10. The van der Waals surface area contributed by atoms with Crippen LogP contribution in [0.25, 0.3) is 5.82 Å². The number of anilines is 2. The zero-order chi connectivity index (χ0) is 20.3. The number of aromatic nitrogens is 4. The molecule has 0 spiro atoms. The van der Waals surface area contributed by atoms with Crippen LogP contribution in [0.3, 0.4) is 0 Å². The average Bonchev–Trinajstić information content (AvgIpc) is 3.39. The van der Waals surface area contributed by atoms with E-state index in [0.717, 1.165) is 11.3 Å². The second-order valence-corrected chi connectivity index (χ2v) is 8.41. The Bertz CT molecular complexity index is 1100. The number of urea groups is 1. The third-order valence-electron chi connectivity index (χ3n) is 4.49. The molecule has 0 bridgehead atoms. The minimum Gasteiger partial charge on any atom is -0.337 e. The lowest BCUT2D eigenvalue weighted by Gasteiger charge is -2.19. The number of pyridine rings is 1. The summed E-state index contributed by atoms with van der Waals surface area (Å²) < 4.78 is 28.1. The van der Waals surface area contributed by atoms with Gasteiger partial charge in [-0.15, -0.1) is 0 Å². The normalized spacial score (nSPS) is 13.2. The number of sulfonamides is 1. The Balaban J connectivity index is 1.29. The fraction of sp³-hybridized carbons (Fsp3) is 0.222. The summed E-state index contributed by atoms with van der Waals surface area (Å²) in [6, 6.07) is 10.3. The topological polar surface area (TPSA) is 122 Å². The highest BCUT2D eigenvalue weighted by Gasteiger charge is 2.28. The molecule has 0 saturated carbocycles. The summed E-state index contributed by atoms with van der Waals surface area (Å²) in [7, 11) is -3.51. The summed E-state index contributed by atoms with van der Waals surface area (Å²) in [5.41, 5.74) is 2.21. The number of hydrogen-bond acceptors (Lipinski definition) is 6. The molecule has 2 N–H and O–H groups in total. The number of benzene rings is 1. The molecule has 0 radical (unpaired) electrons. The van der Waals surface area contributed by atoms with Gasteiger partial charge in [0.1, 0.15) is 12.7 Å². The van der Waals surface area contributed by atoms with E-state index in [1.165, 1.54) is 27.8 Å². The van der Waals surface area contributed by atoms with Crippen LogP contribution in [0.1, 0.15) is 5.56 Å². The molecule has 4 rings (SSSR count). The molecule has 1 aromatic carbocycles. The van der Waals surface area contributed by atoms with Gasteiger partial charge in [-0.3, -0.25) is 4.31 Å². The largest absolute Gasteiger partial charge is 0.337 e. The van der Waals surface area contributed by atoms with Crippen molar-refractivity contribution in [3.63, 3.8) is 0 Å². The van der Waals surface area contributed by atoms with Crippen molar-refractivity contribution in [2.75, 3.05) is 28.5 Å². The predicted octanol–water partition coefficient (Wildman–Crippen LogP) is 1.18. The highest BCUT2D eigenvalue weighted by Crippen LogP contribution is 2.29. The Kier molecular flexibility index (Phi) is 5.12. The molecule has 11 heteroatoms. The second kappa shape index (κ2) is 7.87. The number of rotatable bonds is 6. The summed E-state index contributed by atoms with van der Waals surface area (Å²) in [4.78, 5) is 20.1. The van der Waals surface area contributed by atoms with E-state index >= 15 is 0 Å². The van der Waals surface area contributed by atoms with Crippen LogP contribution in [0.2, 0.25) is 0 Å². The van der Waals surface area contributed by atoms with E-state index in [1.54, 1.807) is 18.2 Å². The number of para-hydroxylation sites is 1. The molecule has 1 aliphatic heterocycles. The van der Waals surface area contributed by atoms with E-state index in [4.69, 9.17) is 0 Å². The van der Waals surface area contributed by atoms with Crippen LogP contribution in [-0.4, -0.2) is 53.0 Å². The molecule has 3 heterocycles. The third kappa shape index (κ3) is 4.19. The van der Waals surface area contributed by atoms with Gasteiger partial charge in [0.05, 0.1) is 23.3 Å². The van der Waals surface area contributed by atoms with Crippen LogP contribution in [0.5, 0.6) is 0 Å². The van der Waals surface area contributed by atoms with Crippen LogP contribution in [-0.2, 0) is 16.4 Å². The molecular formula is C18H19N7O3S. The zero-order valence-electron chi connectivity index (χ0n) is 15.4. The molecule has 0 unspecified atom stereocenters. The molecule has 2 amide bonds. The standard InChI is InChI=1S/C18H19N7O3S/c26-18(23-15-5-6-17(21-11-15)24-13-19-12-22-24)20-8-10-29(27,28)25-9-7-14-3-1-2-4-16(14)25/h1-6,11-13H,7-10H2,(H2,20,23,26). The molecular weight excluding hydrogens is 394 g/mol. The van der Waals surface area contributed by atoms with Crippen molar-refractivity contribution >= 4 is 27.4 Å². The van der Waals surface area contributed by atoms with Gasteiger partial charge in [-0.2, -0.15) is 5.10 Å². The van der Waals surface area contributed by atoms with Crippen molar-refractivity contribution in [3.05, 3.63) is 60.8 Å². The van der Waals surface area contributed by atoms with Crippen LogP contribution in [0.15, 0.2) is 55.2 Å². The first-order chi connectivity index (χ1) is 14.0. The minimum absolute atomic E-state index is 0.00268. The number of amides is 2. The molecule has 0 fully saturated rings. The van der Waals surface area contributed by atoms with E-state index in [0.29, 0.717) is 24.5 Å². The van der Waals surface area contributed by atoms with Gasteiger partial charge in [-0.1, -0.05) is 18.2 Å². The SMILES string of the molecule is O=C(NCCS(=O)(=O)N1CCc2ccccc21)Nc1ccc(-n2cncn2)nc1. The molecule has 2 aromatic heterocycles. The van der Waals surface area contributed by atoms with E-state index < -0.39 is 16.1 Å². The molecule has 3 aromatic rings.